The second-order valence-corrected chi connectivity index (χ2v) is 5.77. The molecule has 0 aliphatic carbocycles. The number of nitrogens with zero attached hydrogens (tertiary/aromatic N) is 1. The zero-order valence-electron chi connectivity index (χ0n) is 14.7. The molecule has 1 N–H and O–H groups in total. The number of amides is 1. The highest BCUT2D eigenvalue weighted by atomic mass is 16.7. The monoisotopic (exact) mass is 362 g/mol. The summed E-state index contributed by atoms with van der Waals surface area (Å²) in [5, 5.41) is 0. The molecule has 3 aromatic rings. The number of rotatable bonds is 5. The van der Waals surface area contributed by atoms with E-state index < -0.39 is 11.9 Å². The van der Waals surface area contributed by atoms with Crippen molar-refractivity contribution in [1.29, 1.82) is 0 Å². The van der Waals surface area contributed by atoms with Crippen molar-refractivity contribution in [2.24, 2.45) is 0 Å². The predicted molar refractivity (Wildman–Crippen MR) is 99.1 cm³/mol. The average Bonchev–Trinajstić information content (AvgIpc) is 2.72. The van der Waals surface area contributed by atoms with E-state index in [0.29, 0.717) is 23.5 Å². The van der Waals surface area contributed by atoms with Gasteiger partial charge in [-0.3, -0.25) is 9.78 Å². The number of pyridine rings is 1. The maximum absolute atomic E-state index is 12.1. The van der Waals surface area contributed by atoms with Gasteiger partial charge in [-0.25, -0.2) is 4.79 Å². The standard InChI is InChI=1S/C21H18N2O4/c1-15-6-2-3-8-19(15)21(25)27-23-20(24)16-9-11-18(12-10-16)26-14-17-7-4-5-13-22-17/h2-13H,14H2,1H3,(H,23,24). The van der Waals surface area contributed by atoms with Crippen molar-refractivity contribution >= 4 is 11.9 Å². The lowest BCUT2D eigenvalue weighted by Gasteiger charge is -2.08. The highest BCUT2D eigenvalue weighted by Gasteiger charge is 2.13. The average molecular weight is 362 g/mol. The molecule has 1 amide bonds. The molecule has 0 aliphatic rings. The third-order valence-electron chi connectivity index (χ3n) is 3.83. The van der Waals surface area contributed by atoms with E-state index in [0.717, 1.165) is 11.3 Å². The Kier molecular flexibility index (Phi) is 5.79. The summed E-state index contributed by atoms with van der Waals surface area (Å²) >= 11 is 0. The molecule has 0 aliphatic heterocycles. The first-order chi connectivity index (χ1) is 13.1. The molecule has 0 spiro atoms. The fraction of sp³-hybridized carbons (Fsp3) is 0.0952. The van der Waals surface area contributed by atoms with Crippen LogP contribution in [0.5, 0.6) is 5.75 Å². The van der Waals surface area contributed by atoms with Gasteiger partial charge in [-0.1, -0.05) is 24.3 Å². The molecular weight excluding hydrogens is 344 g/mol. The highest BCUT2D eigenvalue weighted by Crippen LogP contribution is 2.14. The lowest BCUT2D eigenvalue weighted by molar-refractivity contribution is 0.0229. The van der Waals surface area contributed by atoms with Crippen LogP contribution in [-0.4, -0.2) is 16.9 Å². The van der Waals surface area contributed by atoms with Gasteiger partial charge < -0.3 is 9.57 Å². The van der Waals surface area contributed by atoms with Crippen LogP contribution in [0.25, 0.3) is 0 Å². The molecule has 0 saturated carbocycles. The maximum atomic E-state index is 12.1. The van der Waals surface area contributed by atoms with Crippen LogP contribution >= 0.6 is 0 Å². The van der Waals surface area contributed by atoms with E-state index in [1.54, 1.807) is 55.6 Å². The first kappa shape index (κ1) is 18.1. The van der Waals surface area contributed by atoms with Gasteiger partial charge in [-0.05, 0) is 55.0 Å². The number of hydrogen-bond donors (Lipinski definition) is 1. The van der Waals surface area contributed by atoms with E-state index in [1.807, 2.05) is 24.3 Å². The second-order valence-electron chi connectivity index (χ2n) is 5.77. The predicted octanol–water partition coefficient (Wildman–Crippen LogP) is 3.47. The quantitative estimate of drug-likeness (QED) is 0.703. The summed E-state index contributed by atoms with van der Waals surface area (Å²) in [6.45, 7) is 2.13. The molecule has 0 radical (unpaired) electrons. The molecule has 2 aromatic carbocycles. The number of benzene rings is 2. The molecule has 27 heavy (non-hydrogen) atoms. The smallest absolute Gasteiger partial charge is 0.363 e. The van der Waals surface area contributed by atoms with E-state index in [2.05, 4.69) is 10.5 Å². The largest absolute Gasteiger partial charge is 0.487 e. The number of carbonyl (C=O) groups is 2. The topological polar surface area (TPSA) is 77.5 Å². The van der Waals surface area contributed by atoms with Crippen LogP contribution in [0, 0.1) is 6.92 Å². The Balaban J connectivity index is 1.53. The number of carbonyl (C=O) groups excluding carboxylic acids is 2. The van der Waals surface area contributed by atoms with Crippen molar-refractivity contribution in [1.82, 2.24) is 10.5 Å². The molecule has 0 unspecified atom stereocenters. The van der Waals surface area contributed by atoms with Gasteiger partial charge >= 0.3 is 5.97 Å². The molecule has 136 valence electrons. The van der Waals surface area contributed by atoms with Gasteiger partial charge in [0.25, 0.3) is 5.91 Å². The summed E-state index contributed by atoms with van der Waals surface area (Å²) in [7, 11) is 0. The van der Waals surface area contributed by atoms with Crippen molar-refractivity contribution in [3.05, 3.63) is 95.3 Å². The summed E-state index contributed by atoms with van der Waals surface area (Å²) in [5.74, 6) is -0.529. The zero-order chi connectivity index (χ0) is 19.1. The van der Waals surface area contributed by atoms with Crippen molar-refractivity contribution in [2.75, 3.05) is 0 Å². The summed E-state index contributed by atoms with van der Waals surface area (Å²) in [6.07, 6.45) is 1.70. The summed E-state index contributed by atoms with van der Waals surface area (Å²) in [4.78, 5) is 33.2. The molecule has 6 nitrogen and oxygen atoms in total. The van der Waals surface area contributed by atoms with E-state index in [9.17, 15) is 9.59 Å². The van der Waals surface area contributed by atoms with Crippen molar-refractivity contribution in [2.45, 2.75) is 13.5 Å². The van der Waals surface area contributed by atoms with Crippen molar-refractivity contribution in [3.63, 3.8) is 0 Å². The van der Waals surface area contributed by atoms with E-state index in [-0.39, 0.29) is 0 Å². The Labute approximate surface area is 156 Å². The van der Waals surface area contributed by atoms with Gasteiger partial charge in [0.15, 0.2) is 0 Å². The van der Waals surface area contributed by atoms with Crippen molar-refractivity contribution in [3.8, 4) is 5.75 Å². The van der Waals surface area contributed by atoms with Gasteiger partial charge in [-0.15, -0.1) is 0 Å². The minimum atomic E-state index is -0.614. The molecule has 0 atom stereocenters. The third-order valence-corrected chi connectivity index (χ3v) is 3.83. The Morgan fingerprint density at radius 3 is 2.41 bits per heavy atom. The van der Waals surface area contributed by atoms with Crippen LogP contribution < -0.4 is 10.2 Å². The first-order valence-electron chi connectivity index (χ1n) is 8.33. The molecule has 1 aromatic heterocycles. The van der Waals surface area contributed by atoms with Gasteiger partial charge in [0.1, 0.15) is 12.4 Å². The fourth-order valence-corrected chi connectivity index (χ4v) is 2.35. The molecule has 3 rings (SSSR count). The fourth-order valence-electron chi connectivity index (χ4n) is 2.35. The van der Waals surface area contributed by atoms with Gasteiger partial charge in [-0.2, -0.15) is 5.48 Å². The Hall–Kier alpha value is -3.67. The molecule has 6 heteroatoms. The summed E-state index contributed by atoms with van der Waals surface area (Å²) in [5.41, 5.74) is 4.48. The van der Waals surface area contributed by atoms with Gasteiger partial charge in [0, 0.05) is 11.8 Å². The molecule has 0 bridgehead atoms. The zero-order valence-corrected chi connectivity index (χ0v) is 14.7. The molecule has 0 fully saturated rings. The van der Waals surface area contributed by atoms with Crippen LogP contribution in [0.4, 0.5) is 0 Å². The number of ether oxygens (including phenoxy) is 1. The molecular formula is C21H18N2O4. The minimum Gasteiger partial charge on any atom is -0.487 e. The number of aryl methyl sites for hydroxylation is 1. The third kappa shape index (κ3) is 4.92. The Morgan fingerprint density at radius 2 is 1.70 bits per heavy atom. The van der Waals surface area contributed by atoms with Crippen LogP contribution in [-0.2, 0) is 11.4 Å². The van der Waals surface area contributed by atoms with Crippen LogP contribution in [0.1, 0.15) is 32.0 Å². The Morgan fingerprint density at radius 1 is 0.963 bits per heavy atom. The van der Waals surface area contributed by atoms with Gasteiger partial charge in [0.05, 0.1) is 11.3 Å². The highest BCUT2D eigenvalue weighted by molar-refractivity contribution is 5.96. The lowest BCUT2D eigenvalue weighted by atomic mass is 10.1. The molecule has 1 heterocycles. The van der Waals surface area contributed by atoms with Crippen molar-refractivity contribution < 1.29 is 19.2 Å². The normalized spacial score (nSPS) is 10.1. The number of nitrogens with one attached hydrogen (secondary N) is 1. The van der Waals surface area contributed by atoms with E-state index in [4.69, 9.17) is 9.57 Å². The first-order valence-corrected chi connectivity index (χ1v) is 8.33. The van der Waals surface area contributed by atoms with E-state index >= 15 is 0 Å². The number of hydrogen-bond acceptors (Lipinski definition) is 5. The van der Waals surface area contributed by atoms with Crippen LogP contribution in [0.3, 0.4) is 0 Å². The SMILES string of the molecule is Cc1ccccc1C(=O)ONC(=O)c1ccc(OCc2ccccn2)cc1. The summed E-state index contributed by atoms with van der Waals surface area (Å²) < 4.78 is 5.62. The number of hydroxylamine groups is 1. The summed E-state index contributed by atoms with van der Waals surface area (Å²) in [6, 6.07) is 19.1. The minimum absolute atomic E-state index is 0.334. The van der Waals surface area contributed by atoms with Gasteiger partial charge in [0.2, 0.25) is 0 Å². The maximum Gasteiger partial charge on any atom is 0.363 e. The van der Waals surface area contributed by atoms with E-state index in [1.165, 1.54) is 0 Å². The lowest BCUT2D eigenvalue weighted by Crippen LogP contribution is -2.27. The Bertz CT molecular complexity index is 924. The second kappa shape index (κ2) is 8.62. The van der Waals surface area contributed by atoms with Crippen LogP contribution in [0.2, 0.25) is 0 Å². The number of aromatic nitrogens is 1. The van der Waals surface area contributed by atoms with Crippen LogP contribution in [0.15, 0.2) is 72.9 Å². The molecule has 0 saturated heterocycles.